The molecule has 0 unspecified atom stereocenters. The van der Waals surface area contributed by atoms with Crippen LogP contribution in [0.2, 0.25) is 0 Å². The summed E-state index contributed by atoms with van der Waals surface area (Å²) in [6.07, 6.45) is 5.64. The van der Waals surface area contributed by atoms with Gasteiger partial charge in [0.2, 0.25) is 11.8 Å². The smallest absolute Gasteiger partial charge is 0.247 e. The van der Waals surface area contributed by atoms with E-state index >= 15 is 0 Å². The highest BCUT2D eigenvalue weighted by Gasteiger charge is 2.36. The van der Waals surface area contributed by atoms with E-state index in [1.54, 1.807) is 42.0 Å². The third-order valence-corrected chi connectivity index (χ3v) is 7.40. The molecule has 2 aromatic carbocycles. The Labute approximate surface area is 222 Å². The number of hydrogen-bond donors (Lipinski definition) is 1. The zero-order valence-electron chi connectivity index (χ0n) is 22.0. The standard InChI is InChI=1S/C28H35N5O5/c1-36-22-14-19(15-23(16-22)37-2)27(28(35)29-20-8-3-4-9-20)32(17-21-10-7-13-38-21)26(34)18-33-25-12-6-5-11-24(25)30-31-33/h5-6,11-12,14-16,20-21,27H,3-4,7-10,13,17-18H2,1-2H3,(H,29,35)/t21-,27+/m1/s1. The molecule has 2 atom stereocenters. The van der Waals surface area contributed by atoms with Crippen molar-refractivity contribution in [1.82, 2.24) is 25.2 Å². The summed E-state index contributed by atoms with van der Waals surface area (Å²) in [5.41, 5.74) is 2.08. The lowest BCUT2D eigenvalue weighted by Crippen LogP contribution is -2.49. The molecule has 2 amide bonds. The number of para-hydroxylation sites is 1. The van der Waals surface area contributed by atoms with Crippen molar-refractivity contribution >= 4 is 22.8 Å². The molecule has 1 saturated heterocycles. The first-order valence-electron chi connectivity index (χ1n) is 13.3. The lowest BCUT2D eigenvalue weighted by Gasteiger charge is -2.34. The Morgan fingerprint density at radius 1 is 1.08 bits per heavy atom. The van der Waals surface area contributed by atoms with Gasteiger partial charge in [0.15, 0.2) is 0 Å². The molecule has 38 heavy (non-hydrogen) atoms. The van der Waals surface area contributed by atoms with Gasteiger partial charge >= 0.3 is 0 Å². The minimum Gasteiger partial charge on any atom is -0.497 e. The van der Waals surface area contributed by atoms with Crippen molar-refractivity contribution in [2.45, 2.75) is 63.3 Å². The Kier molecular flexibility index (Phi) is 8.07. The molecule has 0 bridgehead atoms. The number of nitrogens with zero attached hydrogens (tertiary/aromatic N) is 4. The lowest BCUT2D eigenvalue weighted by atomic mass is 10.0. The monoisotopic (exact) mass is 521 g/mol. The first-order valence-corrected chi connectivity index (χ1v) is 13.3. The fourth-order valence-electron chi connectivity index (χ4n) is 5.42. The maximum atomic E-state index is 14.0. The number of methoxy groups -OCH3 is 2. The molecule has 0 spiro atoms. The van der Waals surface area contributed by atoms with E-state index in [4.69, 9.17) is 14.2 Å². The maximum Gasteiger partial charge on any atom is 0.247 e. The summed E-state index contributed by atoms with van der Waals surface area (Å²) in [5.74, 6) is 0.626. The molecule has 202 valence electrons. The summed E-state index contributed by atoms with van der Waals surface area (Å²) < 4.78 is 18.5. The predicted molar refractivity (Wildman–Crippen MR) is 141 cm³/mol. The number of rotatable bonds is 10. The molecule has 0 radical (unpaired) electrons. The Morgan fingerprint density at radius 2 is 1.82 bits per heavy atom. The molecule has 3 aromatic rings. The van der Waals surface area contributed by atoms with E-state index in [2.05, 4.69) is 15.6 Å². The maximum absolute atomic E-state index is 14.0. The third kappa shape index (κ3) is 5.75. The van der Waals surface area contributed by atoms with Crippen LogP contribution in [-0.4, -0.2) is 71.2 Å². The van der Waals surface area contributed by atoms with Gasteiger partial charge in [0.1, 0.15) is 29.6 Å². The van der Waals surface area contributed by atoms with Crippen LogP contribution < -0.4 is 14.8 Å². The minimum absolute atomic E-state index is 0.0540. The molecule has 1 N–H and O–H groups in total. The van der Waals surface area contributed by atoms with Crippen LogP contribution >= 0.6 is 0 Å². The predicted octanol–water partition coefficient (Wildman–Crippen LogP) is 3.26. The fraction of sp³-hybridized carbons (Fsp3) is 0.500. The van der Waals surface area contributed by atoms with Crippen LogP contribution in [0.3, 0.4) is 0 Å². The van der Waals surface area contributed by atoms with Crippen molar-refractivity contribution in [1.29, 1.82) is 0 Å². The summed E-state index contributed by atoms with van der Waals surface area (Å²) >= 11 is 0. The van der Waals surface area contributed by atoms with Crippen molar-refractivity contribution in [2.75, 3.05) is 27.4 Å². The number of hydrogen-bond acceptors (Lipinski definition) is 7. The first kappa shape index (κ1) is 26.0. The van der Waals surface area contributed by atoms with Crippen molar-refractivity contribution in [3.8, 4) is 11.5 Å². The van der Waals surface area contributed by atoms with Gasteiger partial charge in [-0.25, -0.2) is 4.68 Å². The van der Waals surface area contributed by atoms with Crippen molar-refractivity contribution in [2.24, 2.45) is 0 Å². The topological polar surface area (TPSA) is 108 Å². The molecular weight excluding hydrogens is 486 g/mol. The highest BCUT2D eigenvalue weighted by atomic mass is 16.5. The Balaban J connectivity index is 1.53. The minimum atomic E-state index is -0.897. The van der Waals surface area contributed by atoms with E-state index < -0.39 is 6.04 Å². The van der Waals surface area contributed by atoms with Gasteiger partial charge in [-0.3, -0.25) is 9.59 Å². The van der Waals surface area contributed by atoms with Crippen molar-refractivity contribution in [3.05, 3.63) is 48.0 Å². The van der Waals surface area contributed by atoms with Crippen LogP contribution in [0.1, 0.15) is 50.1 Å². The quantitative estimate of drug-likeness (QED) is 0.436. The van der Waals surface area contributed by atoms with E-state index in [-0.39, 0.29) is 37.0 Å². The molecule has 2 fully saturated rings. The van der Waals surface area contributed by atoms with E-state index in [9.17, 15) is 9.59 Å². The Morgan fingerprint density at radius 3 is 2.50 bits per heavy atom. The van der Waals surface area contributed by atoms with Crippen LogP contribution in [0.4, 0.5) is 0 Å². The molecule has 1 saturated carbocycles. The summed E-state index contributed by atoms with van der Waals surface area (Å²) in [7, 11) is 3.13. The summed E-state index contributed by atoms with van der Waals surface area (Å²) in [6.45, 7) is 0.877. The van der Waals surface area contributed by atoms with Crippen LogP contribution in [0.5, 0.6) is 11.5 Å². The molecule has 10 heteroatoms. The normalized spacial score (nSPS) is 18.4. The van der Waals surface area contributed by atoms with Crippen molar-refractivity contribution < 1.29 is 23.8 Å². The van der Waals surface area contributed by atoms with E-state index in [1.165, 1.54) is 0 Å². The molecule has 1 aromatic heterocycles. The van der Waals surface area contributed by atoms with Gasteiger partial charge in [-0.1, -0.05) is 30.2 Å². The van der Waals surface area contributed by atoms with Gasteiger partial charge in [-0.15, -0.1) is 5.10 Å². The number of fused-ring (bicyclic) bond motifs is 1. The lowest BCUT2D eigenvalue weighted by molar-refractivity contribution is -0.143. The van der Waals surface area contributed by atoms with Gasteiger partial charge in [0, 0.05) is 25.3 Å². The van der Waals surface area contributed by atoms with Crippen LogP contribution in [0.15, 0.2) is 42.5 Å². The Bertz CT molecular complexity index is 1240. The van der Waals surface area contributed by atoms with Gasteiger partial charge in [-0.05, 0) is 55.5 Å². The molecule has 2 aliphatic rings. The Hall–Kier alpha value is -3.66. The molecule has 10 nitrogen and oxygen atoms in total. The molecule has 1 aliphatic heterocycles. The zero-order valence-corrected chi connectivity index (χ0v) is 22.0. The van der Waals surface area contributed by atoms with Crippen LogP contribution in [0, 0.1) is 0 Å². The second kappa shape index (κ2) is 11.8. The summed E-state index contributed by atoms with van der Waals surface area (Å²) in [6, 6.07) is 12.0. The highest BCUT2D eigenvalue weighted by molar-refractivity contribution is 5.89. The summed E-state index contributed by atoms with van der Waals surface area (Å²) in [5, 5.41) is 11.6. The molecule has 1 aliphatic carbocycles. The first-order chi connectivity index (χ1) is 18.6. The van der Waals surface area contributed by atoms with Gasteiger partial charge in [-0.2, -0.15) is 0 Å². The molecule has 5 rings (SSSR count). The number of amides is 2. The van der Waals surface area contributed by atoms with Gasteiger partial charge < -0.3 is 24.4 Å². The number of nitrogens with one attached hydrogen (secondary N) is 1. The van der Waals surface area contributed by atoms with E-state index in [0.717, 1.165) is 44.0 Å². The fourth-order valence-corrected chi connectivity index (χ4v) is 5.42. The largest absolute Gasteiger partial charge is 0.497 e. The SMILES string of the molecule is COc1cc(OC)cc([C@@H](C(=O)NC2CCCC2)N(C[C@H]2CCCO2)C(=O)Cn2nnc3ccccc32)c1. The van der Waals surface area contributed by atoms with Crippen LogP contribution in [0.25, 0.3) is 11.0 Å². The number of benzene rings is 2. The van der Waals surface area contributed by atoms with Crippen LogP contribution in [-0.2, 0) is 20.9 Å². The van der Waals surface area contributed by atoms with Crippen molar-refractivity contribution in [3.63, 3.8) is 0 Å². The molecule has 2 heterocycles. The summed E-state index contributed by atoms with van der Waals surface area (Å²) in [4.78, 5) is 29.6. The molecular formula is C28H35N5O5. The second-order valence-electron chi connectivity index (χ2n) is 9.96. The van der Waals surface area contributed by atoms with Gasteiger partial charge in [0.25, 0.3) is 0 Å². The zero-order chi connectivity index (χ0) is 26.5. The van der Waals surface area contributed by atoms with E-state index in [0.29, 0.717) is 29.2 Å². The van der Waals surface area contributed by atoms with Gasteiger partial charge in [0.05, 0.1) is 25.8 Å². The second-order valence-corrected chi connectivity index (χ2v) is 9.96. The average molecular weight is 522 g/mol. The number of carbonyl (C=O) groups is 2. The number of carbonyl (C=O) groups excluding carboxylic acids is 2. The average Bonchev–Trinajstić information content (AvgIpc) is 3.71. The van der Waals surface area contributed by atoms with E-state index in [1.807, 2.05) is 24.3 Å². The number of ether oxygens (including phenoxy) is 3. The number of aromatic nitrogens is 3. The highest BCUT2D eigenvalue weighted by Crippen LogP contribution is 2.32. The third-order valence-electron chi connectivity index (χ3n) is 7.40.